The van der Waals surface area contributed by atoms with Gasteiger partial charge in [0.15, 0.2) is 5.75 Å². The lowest BCUT2D eigenvalue weighted by Crippen LogP contribution is -2.11. The molecule has 1 atom stereocenters. The molecule has 0 aliphatic rings. The summed E-state index contributed by atoms with van der Waals surface area (Å²) in [4.78, 5) is 15.2. The highest BCUT2D eigenvalue weighted by Crippen LogP contribution is 2.37. The maximum Gasteiger partial charge on any atom is 0.333 e. The number of benzene rings is 1. The van der Waals surface area contributed by atoms with E-state index in [0.717, 1.165) is 11.4 Å². The van der Waals surface area contributed by atoms with Crippen LogP contribution in [0.1, 0.15) is 31.3 Å². The van der Waals surface area contributed by atoms with Gasteiger partial charge >= 0.3 is 5.69 Å². The number of aromatic nitrogens is 1. The molecule has 0 saturated heterocycles. The number of nitrogens with zero attached hydrogens (tertiary/aromatic N) is 2. The van der Waals surface area contributed by atoms with E-state index in [0.29, 0.717) is 12.3 Å². The molecule has 1 aromatic carbocycles. The van der Waals surface area contributed by atoms with E-state index in [2.05, 4.69) is 10.3 Å². The number of rotatable bonds is 7. The standard InChI is InChI=1S/C14H17N3O3S/c1-3-10(14-15-8-9-21-14)16-11-6-5-7-12(20-4-2)13(11)17(18)19/h5-10,16H,3-4H2,1-2H3. The van der Waals surface area contributed by atoms with Gasteiger partial charge < -0.3 is 10.1 Å². The van der Waals surface area contributed by atoms with E-state index < -0.39 is 4.92 Å². The fourth-order valence-electron chi connectivity index (χ4n) is 2.03. The van der Waals surface area contributed by atoms with Crippen LogP contribution < -0.4 is 10.1 Å². The van der Waals surface area contributed by atoms with Crippen molar-refractivity contribution in [1.82, 2.24) is 4.98 Å². The summed E-state index contributed by atoms with van der Waals surface area (Å²) in [6, 6.07) is 4.99. The number of anilines is 1. The largest absolute Gasteiger partial charge is 0.487 e. The quantitative estimate of drug-likeness (QED) is 0.617. The highest BCUT2D eigenvalue weighted by atomic mass is 32.1. The third kappa shape index (κ3) is 3.49. The molecule has 0 fully saturated rings. The molecule has 0 aliphatic heterocycles. The summed E-state index contributed by atoms with van der Waals surface area (Å²) in [6.45, 7) is 4.19. The lowest BCUT2D eigenvalue weighted by molar-refractivity contribution is -0.385. The van der Waals surface area contributed by atoms with Gasteiger partial charge in [0.25, 0.3) is 0 Å². The number of nitro groups is 1. The van der Waals surface area contributed by atoms with Crippen LogP contribution in [0.5, 0.6) is 5.75 Å². The fraction of sp³-hybridized carbons (Fsp3) is 0.357. The maximum atomic E-state index is 11.3. The van der Waals surface area contributed by atoms with Crippen molar-refractivity contribution < 1.29 is 9.66 Å². The smallest absolute Gasteiger partial charge is 0.333 e. The molecule has 0 radical (unpaired) electrons. The van der Waals surface area contributed by atoms with Crippen molar-refractivity contribution in [3.63, 3.8) is 0 Å². The van der Waals surface area contributed by atoms with Gasteiger partial charge in [-0.15, -0.1) is 11.3 Å². The van der Waals surface area contributed by atoms with Crippen molar-refractivity contribution in [2.75, 3.05) is 11.9 Å². The molecular weight excluding hydrogens is 290 g/mol. The van der Waals surface area contributed by atoms with Gasteiger partial charge in [-0.3, -0.25) is 10.1 Å². The van der Waals surface area contributed by atoms with Crippen LogP contribution in [-0.2, 0) is 0 Å². The Morgan fingerprint density at radius 3 is 2.86 bits per heavy atom. The van der Waals surface area contributed by atoms with Gasteiger partial charge in [0, 0.05) is 11.6 Å². The Labute approximate surface area is 126 Å². The predicted octanol–water partition coefficient (Wildman–Crippen LogP) is 4.01. The van der Waals surface area contributed by atoms with Crippen molar-refractivity contribution in [2.24, 2.45) is 0 Å². The molecule has 0 aliphatic carbocycles. The summed E-state index contributed by atoms with van der Waals surface area (Å²) in [5.41, 5.74) is 0.419. The van der Waals surface area contributed by atoms with E-state index >= 15 is 0 Å². The monoisotopic (exact) mass is 307 g/mol. The molecule has 0 spiro atoms. The van der Waals surface area contributed by atoms with Gasteiger partial charge in [0.2, 0.25) is 0 Å². The minimum absolute atomic E-state index is 0.0330. The molecule has 21 heavy (non-hydrogen) atoms. The van der Waals surface area contributed by atoms with E-state index in [9.17, 15) is 10.1 Å². The Balaban J connectivity index is 2.34. The molecule has 2 aromatic rings. The number of nitro benzene ring substituents is 1. The van der Waals surface area contributed by atoms with Crippen LogP contribution in [0, 0.1) is 10.1 Å². The van der Waals surface area contributed by atoms with Gasteiger partial charge in [0.05, 0.1) is 17.6 Å². The molecule has 0 saturated carbocycles. The van der Waals surface area contributed by atoms with Gasteiger partial charge in [-0.2, -0.15) is 0 Å². The normalized spacial score (nSPS) is 11.9. The third-order valence-electron chi connectivity index (χ3n) is 2.97. The summed E-state index contributed by atoms with van der Waals surface area (Å²) < 4.78 is 5.35. The second-order valence-corrected chi connectivity index (χ2v) is 5.24. The molecule has 0 bridgehead atoms. The molecule has 7 heteroatoms. The first kappa shape index (κ1) is 15.2. The second kappa shape index (κ2) is 7.03. The summed E-state index contributed by atoms with van der Waals surface area (Å²) >= 11 is 1.53. The van der Waals surface area contributed by atoms with Crippen molar-refractivity contribution in [3.05, 3.63) is 44.9 Å². The zero-order chi connectivity index (χ0) is 15.2. The number of hydrogen-bond donors (Lipinski definition) is 1. The van der Waals surface area contributed by atoms with Crippen molar-refractivity contribution >= 4 is 22.7 Å². The van der Waals surface area contributed by atoms with Crippen LogP contribution in [-0.4, -0.2) is 16.5 Å². The van der Waals surface area contributed by atoms with E-state index in [1.165, 1.54) is 11.3 Å². The number of hydrogen-bond acceptors (Lipinski definition) is 6. The number of thiazole rings is 1. The van der Waals surface area contributed by atoms with Gasteiger partial charge in [-0.1, -0.05) is 13.0 Å². The molecular formula is C14H17N3O3S. The van der Waals surface area contributed by atoms with Crippen LogP contribution >= 0.6 is 11.3 Å². The Bertz CT molecular complexity index is 602. The Morgan fingerprint density at radius 1 is 1.48 bits per heavy atom. The van der Waals surface area contributed by atoms with E-state index in [1.807, 2.05) is 12.3 Å². The van der Waals surface area contributed by atoms with Gasteiger partial charge in [0.1, 0.15) is 10.7 Å². The Kier molecular flexibility index (Phi) is 5.10. The molecule has 2 rings (SSSR count). The highest BCUT2D eigenvalue weighted by Gasteiger charge is 2.23. The van der Waals surface area contributed by atoms with E-state index in [4.69, 9.17) is 4.74 Å². The summed E-state index contributed by atoms with van der Waals surface area (Å²) in [5, 5.41) is 17.4. The molecule has 1 unspecified atom stereocenters. The molecule has 6 nitrogen and oxygen atoms in total. The van der Waals surface area contributed by atoms with Crippen LogP contribution in [0.4, 0.5) is 11.4 Å². The van der Waals surface area contributed by atoms with Crippen LogP contribution in [0.15, 0.2) is 29.8 Å². The first-order valence-corrected chi connectivity index (χ1v) is 7.61. The lowest BCUT2D eigenvalue weighted by atomic mass is 10.2. The average molecular weight is 307 g/mol. The van der Waals surface area contributed by atoms with Crippen molar-refractivity contribution in [1.29, 1.82) is 0 Å². The number of nitrogens with one attached hydrogen (secondary N) is 1. The topological polar surface area (TPSA) is 77.3 Å². The van der Waals surface area contributed by atoms with Gasteiger partial charge in [-0.05, 0) is 25.5 Å². The van der Waals surface area contributed by atoms with E-state index in [1.54, 1.807) is 31.3 Å². The third-order valence-corrected chi connectivity index (χ3v) is 3.86. The van der Waals surface area contributed by atoms with Gasteiger partial charge in [-0.25, -0.2) is 4.98 Å². The lowest BCUT2D eigenvalue weighted by Gasteiger charge is -2.16. The Hall–Kier alpha value is -2.15. The first-order valence-electron chi connectivity index (χ1n) is 6.73. The molecule has 1 aromatic heterocycles. The summed E-state index contributed by atoms with van der Waals surface area (Å²) in [6.07, 6.45) is 2.51. The molecule has 1 heterocycles. The minimum Gasteiger partial charge on any atom is -0.487 e. The Morgan fingerprint density at radius 2 is 2.29 bits per heavy atom. The highest BCUT2D eigenvalue weighted by molar-refractivity contribution is 7.09. The molecule has 1 N–H and O–H groups in total. The number of para-hydroxylation sites is 1. The minimum atomic E-state index is -0.415. The van der Waals surface area contributed by atoms with Crippen molar-refractivity contribution in [3.8, 4) is 5.75 Å². The average Bonchev–Trinajstić information content (AvgIpc) is 2.99. The number of ether oxygens (including phenoxy) is 1. The molecule has 0 amide bonds. The SMILES string of the molecule is CCOc1cccc(NC(CC)c2nccs2)c1[N+](=O)[O-]. The zero-order valence-electron chi connectivity index (χ0n) is 11.9. The van der Waals surface area contributed by atoms with E-state index in [-0.39, 0.29) is 17.5 Å². The molecule has 112 valence electrons. The van der Waals surface area contributed by atoms with Crippen LogP contribution in [0.3, 0.4) is 0 Å². The van der Waals surface area contributed by atoms with Crippen molar-refractivity contribution in [2.45, 2.75) is 26.3 Å². The van der Waals surface area contributed by atoms with Crippen LogP contribution in [0.25, 0.3) is 0 Å². The zero-order valence-corrected chi connectivity index (χ0v) is 12.7. The predicted molar refractivity (Wildman–Crippen MR) is 83.0 cm³/mol. The summed E-state index contributed by atoms with van der Waals surface area (Å²) in [5.74, 6) is 0.279. The maximum absolute atomic E-state index is 11.3. The first-order chi connectivity index (χ1) is 10.2. The fourth-order valence-corrected chi connectivity index (χ4v) is 2.80. The summed E-state index contributed by atoms with van der Waals surface area (Å²) in [7, 11) is 0. The van der Waals surface area contributed by atoms with Crippen LogP contribution in [0.2, 0.25) is 0 Å². The second-order valence-electron chi connectivity index (χ2n) is 4.32.